The summed E-state index contributed by atoms with van der Waals surface area (Å²) in [5.41, 5.74) is 4.25. The number of rotatable bonds is 9. The molecule has 3 aromatic rings. The third-order valence-electron chi connectivity index (χ3n) is 5.55. The second-order valence-corrected chi connectivity index (χ2v) is 7.77. The van der Waals surface area contributed by atoms with Crippen LogP contribution in [0.4, 0.5) is 5.82 Å². The fraction of sp³-hybridized carbons (Fsp3) is 0.391. The predicted molar refractivity (Wildman–Crippen MR) is 116 cm³/mol. The number of aromatic nitrogens is 4. The van der Waals surface area contributed by atoms with E-state index in [0.717, 1.165) is 61.3 Å². The summed E-state index contributed by atoms with van der Waals surface area (Å²) in [4.78, 5) is 20.4. The Hall–Kier alpha value is -3.42. The molecule has 8 nitrogen and oxygen atoms in total. The highest BCUT2D eigenvalue weighted by molar-refractivity contribution is 5.68. The lowest BCUT2D eigenvalue weighted by Crippen LogP contribution is -2.16. The van der Waals surface area contributed by atoms with Gasteiger partial charge in [0, 0.05) is 30.7 Å². The molecule has 4 heterocycles. The Bertz CT molecular complexity index is 1030. The summed E-state index contributed by atoms with van der Waals surface area (Å²) in [6.07, 6.45) is 10.3. The molecule has 162 valence electrons. The molecule has 0 aliphatic carbocycles. The average molecular weight is 422 g/mol. The van der Waals surface area contributed by atoms with Crippen molar-refractivity contribution in [2.75, 3.05) is 19.0 Å². The predicted octanol–water partition coefficient (Wildman–Crippen LogP) is 3.28. The normalized spacial score (nSPS) is 13.8. The number of aliphatic carboxylic acids is 1. The molecule has 0 saturated heterocycles. The van der Waals surface area contributed by atoms with Crippen LogP contribution >= 0.6 is 0 Å². The summed E-state index contributed by atoms with van der Waals surface area (Å²) in [6.45, 7) is 0.990. The number of ether oxygens (including phenoxy) is 1. The molecule has 0 aromatic carbocycles. The van der Waals surface area contributed by atoms with Crippen LogP contribution in [-0.4, -0.2) is 44.5 Å². The molecule has 4 rings (SSSR count). The van der Waals surface area contributed by atoms with Gasteiger partial charge in [-0.2, -0.15) is 5.10 Å². The first kappa shape index (κ1) is 20.8. The van der Waals surface area contributed by atoms with Crippen molar-refractivity contribution in [2.24, 2.45) is 0 Å². The average Bonchev–Trinajstić information content (AvgIpc) is 3.26. The highest BCUT2D eigenvalue weighted by atomic mass is 16.5. The quantitative estimate of drug-likeness (QED) is 0.547. The minimum atomic E-state index is -0.884. The van der Waals surface area contributed by atoms with Crippen LogP contribution in [0.2, 0.25) is 0 Å². The zero-order chi connectivity index (χ0) is 21.6. The lowest BCUT2D eigenvalue weighted by Gasteiger charge is -2.17. The van der Waals surface area contributed by atoms with E-state index in [4.69, 9.17) is 9.72 Å². The third-order valence-corrected chi connectivity index (χ3v) is 5.55. The van der Waals surface area contributed by atoms with Crippen LogP contribution in [0.15, 0.2) is 42.9 Å². The second-order valence-electron chi connectivity index (χ2n) is 7.77. The maximum atomic E-state index is 11.4. The number of anilines is 1. The fourth-order valence-corrected chi connectivity index (χ4v) is 3.90. The minimum Gasteiger partial charge on any atom is -0.481 e. The molecule has 0 saturated carbocycles. The number of hydrogen-bond acceptors (Lipinski definition) is 6. The summed E-state index contributed by atoms with van der Waals surface area (Å²) in [5.74, 6) is 0.635. The molecule has 2 N–H and O–H groups in total. The maximum Gasteiger partial charge on any atom is 0.305 e. The first-order valence-corrected chi connectivity index (χ1v) is 10.6. The van der Waals surface area contributed by atoms with Crippen molar-refractivity contribution < 1.29 is 14.6 Å². The van der Waals surface area contributed by atoms with E-state index in [0.29, 0.717) is 5.88 Å². The van der Waals surface area contributed by atoms with Crippen molar-refractivity contribution in [1.29, 1.82) is 0 Å². The van der Waals surface area contributed by atoms with Gasteiger partial charge in [-0.25, -0.2) is 9.97 Å². The first-order chi connectivity index (χ1) is 15.1. The molecule has 3 aromatic heterocycles. The number of hydrogen-bond donors (Lipinski definition) is 2. The summed E-state index contributed by atoms with van der Waals surface area (Å²) in [7, 11) is 1.55. The zero-order valence-electron chi connectivity index (χ0n) is 17.6. The minimum absolute atomic E-state index is 0.0683. The Balaban J connectivity index is 1.40. The Morgan fingerprint density at radius 2 is 2.16 bits per heavy atom. The van der Waals surface area contributed by atoms with Crippen molar-refractivity contribution in [2.45, 2.75) is 44.6 Å². The van der Waals surface area contributed by atoms with Crippen molar-refractivity contribution in [3.63, 3.8) is 0 Å². The molecule has 1 aliphatic rings. The van der Waals surface area contributed by atoms with Gasteiger partial charge in [-0.3, -0.25) is 9.48 Å². The van der Waals surface area contributed by atoms with Gasteiger partial charge in [0.15, 0.2) is 0 Å². The third kappa shape index (κ3) is 5.20. The van der Waals surface area contributed by atoms with Crippen LogP contribution in [0.3, 0.4) is 0 Å². The van der Waals surface area contributed by atoms with Gasteiger partial charge < -0.3 is 15.2 Å². The summed E-state index contributed by atoms with van der Waals surface area (Å²) < 4.78 is 6.81. The van der Waals surface area contributed by atoms with Crippen LogP contribution < -0.4 is 10.1 Å². The molecule has 1 atom stereocenters. The van der Waals surface area contributed by atoms with Crippen molar-refractivity contribution in [3.8, 4) is 5.88 Å². The molecule has 0 bridgehead atoms. The number of nitrogens with one attached hydrogen (secondary N) is 1. The number of carboxylic acid groups (broad SMARTS) is 1. The van der Waals surface area contributed by atoms with Crippen LogP contribution in [0.5, 0.6) is 5.88 Å². The van der Waals surface area contributed by atoms with Gasteiger partial charge in [-0.15, -0.1) is 0 Å². The molecular formula is C23H27N5O3. The van der Waals surface area contributed by atoms with Gasteiger partial charge >= 0.3 is 5.97 Å². The molecular weight excluding hydrogens is 394 g/mol. The molecule has 31 heavy (non-hydrogen) atoms. The Kier molecular flexibility index (Phi) is 6.45. The van der Waals surface area contributed by atoms with E-state index in [-0.39, 0.29) is 6.42 Å². The molecule has 0 fully saturated rings. The largest absolute Gasteiger partial charge is 0.481 e. The van der Waals surface area contributed by atoms with Crippen LogP contribution in [0.25, 0.3) is 0 Å². The molecule has 1 aliphatic heterocycles. The lowest BCUT2D eigenvalue weighted by atomic mass is 10.0. The van der Waals surface area contributed by atoms with E-state index in [9.17, 15) is 9.90 Å². The topological polar surface area (TPSA) is 102 Å². The van der Waals surface area contributed by atoms with Gasteiger partial charge in [-0.1, -0.05) is 6.07 Å². The van der Waals surface area contributed by atoms with Gasteiger partial charge in [0.1, 0.15) is 5.82 Å². The number of carboxylic acids is 1. The van der Waals surface area contributed by atoms with Gasteiger partial charge in [-0.05, 0) is 60.9 Å². The van der Waals surface area contributed by atoms with Crippen molar-refractivity contribution in [3.05, 3.63) is 65.2 Å². The van der Waals surface area contributed by atoms with E-state index >= 15 is 0 Å². The monoisotopic (exact) mass is 421 g/mol. The Morgan fingerprint density at radius 1 is 1.26 bits per heavy atom. The van der Waals surface area contributed by atoms with Crippen LogP contribution in [-0.2, 0) is 24.1 Å². The van der Waals surface area contributed by atoms with E-state index in [1.807, 2.05) is 18.5 Å². The number of carbonyl (C=O) groups is 1. The standard InChI is InChI=1S/C23H27N5O3/c1-31-21-10-8-18(14-25-21)20(12-22(29)30)28-15-16(13-26-28)4-2-6-19-9-7-17-5-3-11-24-23(17)27-19/h7-10,13-15,20H,2-6,11-12H2,1H3,(H,24,27)(H,29,30). The highest BCUT2D eigenvalue weighted by Crippen LogP contribution is 2.24. The second kappa shape index (κ2) is 9.59. The fourth-order valence-electron chi connectivity index (χ4n) is 3.90. The summed E-state index contributed by atoms with van der Waals surface area (Å²) >= 11 is 0. The van der Waals surface area contributed by atoms with Crippen LogP contribution in [0, 0.1) is 0 Å². The van der Waals surface area contributed by atoms with E-state index in [1.54, 1.807) is 24.1 Å². The molecule has 0 radical (unpaired) electrons. The SMILES string of the molecule is COc1ccc(C(CC(=O)O)n2cc(CCCc3ccc4c(n3)NCCC4)cn2)cn1. The van der Waals surface area contributed by atoms with Gasteiger partial charge in [0.05, 0.1) is 25.8 Å². The van der Waals surface area contributed by atoms with E-state index in [1.165, 1.54) is 5.56 Å². The lowest BCUT2D eigenvalue weighted by molar-refractivity contribution is -0.137. The Labute approximate surface area is 181 Å². The van der Waals surface area contributed by atoms with Crippen molar-refractivity contribution in [1.82, 2.24) is 19.7 Å². The Morgan fingerprint density at radius 3 is 2.94 bits per heavy atom. The summed E-state index contributed by atoms with van der Waals surface area (Å²) in [6, 6.07) is 7.44. The van der Waals surface area contributed by atoms with E-state index in [2.05, 4.69) is 27.5 Å². The molecule has 1 unspecified atom stereocenters. The smallest absolute Gasteiger partial charge is 0.305 e. The number of pyridine rings is 2. The molecule has 0 spiro atoms. The maximum absolute atomic E-state index is 11.4. The van der Waals surface area contributed by atoms with E-state index < -0.39 is 12.0 Å². The van der Waals surface area contributed by atoms with Crippen molar-refractivity contribution >= 4 is 11.8 Å². The van der Waals surface area contributed by atoms with Crippen LogP contribution in [0.1, 0.15) is 47.7 Å². The number of nitrogens with zero attached hydrogens (tertiary/aromatic N) is 4. The number of fused-ring (bicyclic) bond motifs is 1. The number of methoxy groups -OCH3 is 1. The zero-order valence-corrected chi connectivity index (χ0v) is 17.6. The summed E-state index contributed by atoms with van der Waals surface area (Å²) in [5, 5.41) is 17.2. The first-order valence-electron chi connectivity index (χ1n) is 10.6. The van der Waals surface area contributed by atoms with Gasteiger partial charge in [0.25, 0.3) is 0 Å². The van der Waals surface area contributed by atoms with Gasteiger partial charge in [0.2, 0.25) is 5.88 Å². The molecule has 8 heteroatoms. The molecule has 0 amide bonds. The highest BCUT2D eigenvalue weighted by Gasteiger charge is 2.19. The number of aryl methyl sites for hydroxylation is 3.